The van der Waals surface area contributed by atoms with Gasteiger partial charge in [-0.05, 0) is 43.7 Å². The van der Waals surface area contributed by atoms with E-state index in [0.717, 1.165) is 18.0 Å². The number of rotatable bonds is 6. The van der Waals surface area contributed by atoms with Gasteiger partial charge in [0.05, 0.1) is 12.8 Å². The molecule has 1 aromatic heterocycles. The summed E-state index contributed by atoms with van der Waals surface area (Å²) >= 11 is 0. The van der Waals surface area contributed by atoms with Gasteiger partial charge in [-0.3, -0.25) is 0 Å². The fraction of sp³-hybridized carbons (Fsp3) is 0.250. The van der Waals surface area contributed by atoms with E-state index in [1.54, 1.807) is 13.3 Å². The molecule has 0 saturated heterocycles. The van der Waals surface area contributed by atoms with E-state index < -0.39 is 0 Å². The summed E-state index contributed by atoms with van der Waals surface area (Å²) in [6.45, 7) is 5.07. The van der Waals surface area contributed by atoms with Crippen LogP contribution in [-0.4, -0.2) is 16.9 Å². The molecule has 3 rings (SSSR count). The van der Waals surface area contributed by atoms with Crippen LogP contribution in [0.1, 0.15) is 29.7 Å². The van der Waals surface area contributed by atoms with Crippen LogP contribution in [0, 0.1) is 6.92 Å². The van der Waals surface area contributed by atoms with E-state index in [1.165, 1.54) is 16.7 Å². The maximum atomic E-state index is 5.48. The van der Waals surface area contributed by atoms with Crippen molar-refractivity contribution in [2.24, 2.45) is 0 Å². The van der Waals surface area contributed by atoms with Crippen LogP contribution in [0.15, 0.2) is 60.9 Å². The Hall–Kier alpha value is -2.59. The molecule has 4 nitrogen and oxygen atoms in total. The first kappa shape index (κ1) is 16.3. The van der Waals surface area contributed by atoms with Crippen molar-refractivity contribution in [3.63, 3.8) is 0 Å². The molecule has 4 heteroatoms. The highest BCUT2D eigenvalue weighted by atomic mass is 16.5. The van der Waals surface area contributed by atoms with E-state index >= 15 is 0 Å². The van der Waals surface area contributed by atoms with Gasteiger partial charge in [-0.1, -0.05) is 29.8 Å². The number of hydrogen-bond donors (Lipinski definition) is 1. The highest BCUT2D eigenvalue weighted by Crippen LogP contribution is 2.26. The van der Waals surface area contributed by atoms with Gasteiger partial charge in [0.2, 0.25) is 0 Å². The smallest absolute Gasteiger partial charge is 0.123 e. The van der Waals surface area contributed by atoms with Crippen molar-refractivity contribution in [3.05, 3.63) is 77.6 Å². The van der Waals surface area contributed by atoms with Crippen LogP contribution < -0.4 is 10.1 Å². The van der Waals surface area contributed by atoms with Gasteiger partial charge in [0.25, 0.3) is 0 Å². The molecule has 1 unspecified atom stereocenters. The number of hydrogen-bond acceptors (Lipinski definition) is 3. The Morgan fingerprint density at radius 1 is 1.17 bits per heavy atom. The first-order chi connectivity index (χ1) is 11.7. The van der Waals surface area contributed by atoms with Crippen molar-refractivity contribution >= 4 is 0 Å². The maximum Gasteiger partial charge on any atom is 0.123 e. The molecule has 0 saturated carbocycles. The Balaban J connectivity index is 1.66. The maximum absolute atomic E-state index is 5.48. The van der Waals surface area contributed by atoms with Crippen molar-refractivity contribution in [2.45, 2.75) is 26.4 Å². The van der Waals surface area contributed by atoms with Crippen molar-refractivity contribution in [1.82, 2.24) is 15.1 Å². The minimum atomic E-state index is 0.214. The zero-order valence-corrected chi connectivity index (χ0v) is 14.4. The van der Waals surface area contributed by atoms with Gasteiger partial charge >= 0.3 is 0 Å². The average Bonchev–Trinajstić information content (AvgIpc) is 3.14. The van der Waals surface area contributed by atoms with Crippen LogP contribution in [0.25, 0.3) is 5.69 Å². The third-order valence-electron chi connectivity index (χ3n) is 4.17. The lowest BCUT2D eigenvalue weighted by molar-refractivity contribution is 0.401. The summed E-state index contributed by atoms with van der Waals surface area (Å²) in [7, 11) is 1.72. The molecule has 3 aromatic rings. The number of benzene rings is 2. The monoisotopic (exact) mass is 321 g/mol. The molecule has 1 atom stereocenters. The summed E-state index contributed by atoms with van der Waals surface area (Å²) in [5.41, 5.74) is 4.73. The number of ether oxygens (including phenoxy) is 1. The zero-order chi connectivity index (χ0) is 16.9. The van der Waals surface area contributed by atoms with E-state index in [-0.39, 0.29) is 6.04 Å². The number of aromatic nitrogens is 2. The summed E-state index contributed by atoms with van der Waals surface area (Å²) in [6, 6.07) is 16.8. The average molecular weight is 321 g/mol. The fourth-order valence-electron chi connectivity index (χ4n) is 2.76. The second-order valence-corrected chi connectivity index (χ2v) is 5.97. The second-order valence-electron chi connectivity index (χ2n) is 5.97. The van der Waals surface area contributed by atoms with Crippen molar-refractivity contribution in [1.29, 1.82) is 0 Å². The first-order valence-corrected chi connectivity index (χ1v) is 8.14. The van der Waals surface area contributed by atoms with E-state index in [0.29, 0.717) is 0 Å². The van der Waals surface area contributed by atoms with E-state index in [1.807, 2.05) is 23.0 Å². The third kappa shape index (κ3) is 3.66. The van der Waals surface area contributed by atoms with Crippen molar-refractivity contribution < 1.29 is 4.74 Å². The van der Waals surface area contributed by atoms with Crippen LogP contribution in [0.2, 0.25) is 0 Å². The lowest BCUT2D eigenvalue weighted by Gasteiger charge is -2.18. The molecule has 1 N–H and O–H groups in total. The number of nitrogens with one attached hydrogen (secondary N) is 1. The SMILES string of the molecule is COc1ccc(C)cc1C(C)NCc1ccc(-n2cccn2)cc1. The van der Waals surface area contributed by atoms with E-state index in [9.17, 15) is 0 Å². The summed E-state index contributed by atoms with van der Waals surface area (Å²) in [4.78, 5) is 0. The normalized spacial score (nSPS) is 12.1. The van der Waals surface area contributed by atoms with Gasteiger partial charge in [-0.2, -0.15) is 5.10 Å². The molecule has 2 aromatic carbocycles. The second kappa shape index (κ2) is 7.32. The highest BCUT2D eigenvalue weighted by Gasteiger charge is 2.11. The summed E-state index contributed by atoms with van der Waals surface area (Å²) in [6.07, 6.45) is 3.73. The lowest BCUT2D eigenvalue weighted by Crippen LogP contribution is -2.18. The minimum absolute atomic E-state index is 0.214. The Kier molecular flexibility index (Phi) is 4.96. The van der Waals surface area contributed by atoms with E-state index in [2.05, 4.69) is 60.7 Å². The van der Waals surface area contributed by atoms with Gasteiger partial charge in [0.1, 0.15) is 5.75 Å². The third-order valence-corrected chi connectivity index (χ3v) is 4.17. The molecule has 124 valence electrons. The standard InChI is InChI=1S/C20H23N3O/c1-15-5-10-20(24-3)19(13-15)16(2)21-14-17-6-8-18(9-7-17)23-12-4-11-22-23/h4-13,16,21H,14H2,1-3H3. The first-order valence-electron chi connectivity index (χ1n) is 8.14. The van der Waals surface area contributed by atoms with Gasteiger partial charge < -0.3 is 10.1 Å². The van der Waals surface area contributed by atoms with Gasteiger partial charge in [0, 0.05) is 30.5 Å². The Bertz CT molecular complexity index is 779. The minimum Gasteiger partial charge on any atom is -0.496 e. The highest BCUT2D eigenvalue weighted by molar-refractivity contribution is 5.39. The Morgan fingerprint density at radius 2 is 1.96 bits per heavy atom. The molecule has 0 spiro atoms. The lowest BCUT2D eigenvalue weighted by atomic mass is 10.0. The molecule has 0 radical (unpaired) electrons. The van der Waals surface area contributed by atoms with Gasteiger partial charge in [-0.15, -0.1) is 0 Å². The molecule has 0 aliphatic heterocycles. The van der Waals surface area contributed by atoms with Crippen LogP contribution in [-0.2, 0) is 6.54 Å². The van der Waals surface area contributed by atoms with Crippen LogP contribution in [0.5, 0.6) is 5.75 Å². The number of aryl methyl sites for hydroxylation is 1. The van der Waals surface area contributed by atoms with Gasteiger partial charge in [-0.25, -0.2) is 4.68 Å². The predicted molar refractivity (Wildman–Crippen MR) is 96.5 cm³/mol. The topological polar surface area (TPSA) is 39.1 Å². The van der Waals surface area contributed by atoms with Crippen molar-refractivity contribution in [3.8, 4) is 11.4 Å². The Morgan fingerprint density at radius 3 is 2.62 bits per heavy atom. The molecule has 0 aliphatic carbocycles. The molecule has 0 fully saturated rings. The largest absolute Gasteiger partial charge is 0.496 e. The van der Waals surface area contributed by atoms with Crippen molar-refractivity contribution in [2.75, 3.05) is 7.11 Å². The zero-order valence-electron chi connectivity index (χ0n) is 14.4. The summed E-state index contributed by atoms with van der Waals surface area (Å²) in [5.74, 6) is 0.926. The van der Waals surface area contributed by atoms with Crippen LogP contribution >= 0.6 is 0 Å². The summed E-state index contributed by atoms with van der Waals surface area (Å²) in [5, 5.41) is 7.81. The molecular weight excluding hydrogens is 298 g/mol. The van der Waals surface area contributed by atoms with E-state index in [4.69, 9.17) is 4.74 Å². The molecule has 0 aliphatic rings. The fourth-order valence-corrected chi connectivity index (χ4v) is 2.76. The van der Waals surface area contributed by atoms with Crippen LogP contribution in [0.3, 0.4) is 0 Å². The quantitative estimate of drug-likeness (QED) is 0.745. The molecule has 1 heterocycles. The van der Waals surface area contributed by atoms with Gasteiger partial charge in [0.15, 0.2) is 0 Å². The summed E-state index contributed by atoms with van der Waals surface area (Å²) < 4.78 is 7.34. The predicted octanol–water partition coefficient (Wildman–Crippen LogP) is 4.04. The Labute approximate surface area is 143 Å². The molecule has 0 amide bonds. The molecule has 0 bridgehead atoms. The molecular formula is C20H23N3O. The van der Waals surface area contributed by atoms with Crippen LogP contribution in [0.4, 0.5) is 0 Å². The number of methoxy groups -OCH3 is 1. The number of nitrogens with zero attached hydrogens (tertiary/aromatic N) is 2. The molecule has 24 heavy (non-hydrogen) atoms.